The van der Waals surface area contributed by atoms with Gasteiger partial charge in [0.1, 0.15) is 0 Å². The normalized spacial score (nSPS) is 10.6. The van der Waals surface area contributed by atoms with Crippen LogP contribution in [0, 0.1) is 0 Å². The maximum Gasteiger partial charge on any atom is 0.372 e. The second-order valence-electron chi connectivity index (χ2n) is 3.83. The van der Waals surface area contributed by atoms with Gasteiger partial charge in [0.05, 0.1) is 12.0 Å². The second kappa shape index (κ2) is 5.87. The van der Waals surface area contributed by atoms with Gasteiger partial charge in [0, 0.05) is 17.0 Å². The lowest BCUT2D eigenvalue weighted by Crippen LogP contribution is -2.39. The molecule has 0 saturated heterocycles. The number of thioether (sulfide) groups is 1. The summed E-state index contributed by atoms with van der Waals surface area (Å²) in [5.74, 6) is -0.204. The molecular formula is C14H16NO2S+. The smallest absolute Gasteiger partial charge is 0.372 e. The van der Waals surface area contributed by atoms with Crippen molar-refractivity contribution in [2.45, 2.75) is 18.4 Å². The molecule has 0 saturated carbocycles. The molecule has 0 aliphatic rings. The number of aromatic nitrogens is 1. The monoisotopic (exact) mass is 262 g/mol. The fourth-order valence-corrected chi connectivity index (χ4v) is 2.51. The minimum atomic E-state index is -0.204. The number of para-hydroxylation sites is 1. The second-order valence-corrected chi connectivity index (χ2v) is 4.68. The molecule has 0 aliphatic heterocycles. The molecule has 4 heteroatoms. The van der Waals surface area contributed by atoms with Gasteiger partial charge >= 0.3 is 5.97 Å². The van der Waals surface area contributed by atoms with Crippen LogP contribution in [0.15, 0.2) is 41.4 Å². The number of pyridine rings is 1. The Hall–Kier alpha value is -1.55. The summed E-state index contributed by atoms with van der Waals surface area (Å²) < 4.78 is 6.91. The van der Waals surface area contributed by atoms with Crippen LogP contribution < -0.4 is 4.57 Å². The zero-order chi connectivity index (χ0) is 13.0. The third-order valence-corrected chi connectivity index (χ3v) is 3.51. The van der Waals surface area contributed by atoms with E-state index < -0.39 is 0 Å². The first-order valence-electron chi connectivity index (χ1n) is 5.87. The van der Waals surface area contributed by atoms with Gasteiger partial charge in [0.15, 0.2) is 6.20 Å². The van der Waals surface area contributed by atoms with E-state index in [1.54, 1.807) is 11.8 Å². The summed E-state index contributed by atoms with van der Waals surface area (Å²) in [5.41, 5.74) is 1.05. The molecular weight excluding hydrogens is 246 g/mol. The number of hydrogen-bond acceptors (Lipinski definition) is 3. The Balaban J connectivity index is 2.43. The van der Waals surface area contributed by atoms with Gasteiger partial charge in [-0.05, 0) is 19.2 Å². The molecule has 0 N–H and O–H groups in total. The summed E-state index contributed by atoms with van der Waals surface area (Å²) in [6, 6.07) is 10.1. The number of carbonyl (C=O) groups excluding carboxylic acids is 1. The third-order valence-electron chi connectivity index (χ3n) is 2.71. The Kier molecular flexibility index (Phi) is 4.20. The van der Waals surface area contributed by atoms with Crippen LogP contribution in [0.1, 0.15) is 6.92 Å². The number of nitrogens with zero attached hydrogens (tertiary/aromatic N) is 1. The Bertz CT molecular complexity index is 569. The highest BCUT2D eigenvalue weighted by Gasteiger charge is 2.15. The van der Waals surface area contributed by atoms with Crippen molar-refractivity contribution in [1.82, 2.24) is 0 Å². The molecule has 0 fully saturated rings. The summed E-state index contributed by atoms with van der Waals surface area (Å²) in [6.45, 7) is 2.49. The highest BCUT2D eigenvalue weighted by Crippen LogP contribution is 2.23. The zero-order valence-corrected chi connectivity index (χ0v) is 11.4. The number of carbonyl (C=O) groups is 1. The number of ether oxygens (including phenoxy) is 1. The number of benzene rings is 1. The van der Waals surface area contributed by atoms with Crippen LogP contribution in [-0.2, 0) is 16.1 Å². The molecule has 0 spiro atoms. The van der Waals surface area contributed by atoms with E-state index in [0.717, 1.165) is 10.9 Å². The van der Waals surface area contributed by atoms with Gasteiger partial charge in [-0.2, -0.15) is 4.57 Å². The van der Waals surface area contributed by atoms with Crippen molar-refractivity contribution < 1.29 is 14.1 Å². The first-order chi connectivity index (χ1) is 8.76. The van der Waals surface area contributed by atoms with Gasteiger partial charge in [0.25, 0.3) is 0 Å². The van der Waals surface area contributed by atoms with Gasteiger partial charge in [-0.15, -0.1) is 11.8 Å². The zero-order valence-electron chi connectivity index (χ0n) is 10.6. The van der Waals surface area contributed by atoms with Crippen molar-refractivity contribution in [3.05, 3.63) is 36.5 Å². The number of rotatable bonds is 4. The van der Waals surface area contributed by atoms with Crippen LogP contribution in [0.25, 0.3) is 10.9 Å². The Morgan fingerprint density at radius 2 is 2.11 bits per heavy atom. The SMILES string of the molecule is CCOC(=O)C[n+]1ccc(SC)c2ccccc21. The van der Waals surface area contributed by atoms with Crippen LogP contribution >= 0.6 is 11.8 Å². The molecule has 18 heavy (non-hydrogen) atoms. The molecule has 0 unspecified atom stereocenters. The highest BCUT2D eigenvalue weighted by molar-refractivity contribution is 7.98. The summed E-state index contributed by atoms with van der Waals surface area (Å²) in [5, 5.41) is 1.16. The maximum atomic E-state index is 11.6. The summed E-state index contributed by atoms with van der Waals surface area (Å²) in [7, 11) is 0. The van der Waals surface area contributed by atoms with Crippen LogP contribution in [0.2, 0.25) is 0 Å². The summed E-state index contributed by atoms with van der Waals surface area (Å²) >= 11 is 1.71. The maximum absolute atomic E-state index is 11.6. The van der Waals surface area contributed by atoms with Crippen LogP contribution in [0.5, 0.6) is 0 Å². The van der Waals surface area contributed by atoms with E-state index in [2.05, 4.69) is 12.3 Å². The van der Waals surface area contributed by atoms with Crippen LogP contribution in [0.4, 0.5) is 0 Å². The fraction of sp³-hybridized carbons (Fsp3) is 0.286. The quantitative estimate of drug-likeness (QED) is 0.481. The molecule has 3 nitrogen and oxygen atoms in total. The van der Waals surface area contributed by atoms with E-state index in [1.807, 2.05) is 42.0 Å². The minimum absolute atomic E-state index is 0.204. The van der Waals surface area contributed by atoms with E-state index >= 15 is 0 Å². The fourth-order valence-electron chi connectivity index (χ4n) is 1.92. The number of esters is 1. The van der Waals surface area contributed by atoms with Crippen molar-refractivity contribution in [3.63, 3.8) is 0 Å². The predicted molar refractivity (Wildman–Crippen MR) is 72.6 cm³/mol. The topological polar surface area (TPSA) is 30.2 Å². The van der Waals surface area contributed by atoms with Gasteiger partial charge in [-0.3, -0.25) is 0 Å². The summed E-state index contributed by atoms with van der Waals surface area (Å²) in [4.78, 5) is 12.8. The molecule has 0 bridgehead atoms. The molecule has 94 valence electrons. The molecule has 1 aromatic heterocycles. The van der Waals surface area contributed by atoms with E-state index in [1.165, 1.54) is 4.90 Å². The average molecular weight is 262 g/mol. The van der Waals surface area contributed by atoms with Crippen molar-refractivity contribution in [2.24, 2.45) is 0 Å². The molecule has 0 atom stereocenters. The standard InChI is InChI=1S/C14H16NO2S/c1-3-17-14(16)10-15-9-8-13(18-2)11-6-4-5-7-12(11)15/h4-9H,3,10H2,1-2H3/q+1. The van der Waals surface area contributed by atoms with E-state index in [-0.39, 0.29) is 12.5 Å². The van der Waals surface area contributed by atoms with E-state index in [4.69, 9.17) is 4.74 Å². The lowest BCUT2D eigenvalue weighted by Gasteiger charge is -2.04. The van der Waals surface area contributed by atoms with Crippen molar-refractivity contribution in [3.8, 4) is 0 Å². The van der Waals surface area contributed by atoms with Crippen LogP contribution in [-0.4, -0.2) is 18.8 Å². The van der Waals surface area contributed by atoms with Gasteiger partial charge in [-0.1, -0.05) is 12.1 Å². The highest BCUT2D eigenvalue weighted by atomic mass is 32.2. The minimum Gasteiger partial charge on any atom is -0.461 e. The van der Waals surface area contributed by atoms with Crippen LogP contribution in [0.3, 0.4) is 0 Å². The number of fused-ring (bicyclic) bond motifs is 1. The van der Waals surface area contributed by atoms with Crippen molar-refractivity contribution in [2.75, 3.05) is 12.9 Å². The molecule has 0 aliphatic carbocycles. The van der Waals surface area contributed by atoms with Crippen molar-refractivity contribution >= 4 is 28.6 Å². The first kappa shape index (κ1) is 12.9. The largest absolute Gasteiger partial charge is 0.461 e. The number of hydrogen-bond donors (Lipinski definition) is 0. The van der Waals surface area contributed by atoms with Gasteiger partial charge < -0.3 is 4.74 Å². The molecule has 1 aromatic carbocycles. The molecule has 2 aromatic rings. The predicted octanol–water partition coefficient (Wildman–Crippen LogP) is 2.41. The molecule has 2 rings (SSSR count). The average Bonchev–Trinajstić information content (AvgIpc) is 2.39. The van der Waals surface area contributed by atoms with E-state index in [0.29, 0.717) is 6.61 Å². The summed E-state index contributed by atoms with van der Waals surface area (Å²) in [6.07, 6.45) is 3.99. The first-order valence-corrected chi connectivity index (χ1v) is 7.09. The Morgan fingerprint density at radius 1 is 1.33 bits per heavy atom. The van der Waals surface area contributed by atoms with E-state index in [9.17, 15) is 4.79 Å². The Morgan fingerprint density at radius 3 is 2.83 bits per heavy atom. The third kappa shape index (κ3) is 2.64. The molecule has 0 amide bonds. The molecule has 0 radical (unpaired) electrons. The lowest BCUT2D eigenvalue weighted by molar-refractivity contribution is -0.660. The van der Waals surface area contributed by atoms with Gasteiger partial charge in [0.2, 0.25) is 12.1 Å². The Labute approximate surface area is 111 Å². The van der Waals surface area contributed by atoms with Gasteiger partial charge in [-0.25, -0.2) is 4.79 Å². The molecule has 1 heterocycles. The lowest BCUT2D eigenvalue weighted by atomic mass is 10.2. The van der Waals surface area contributed by atoms with Crippen molar-refractivity contribution in [1.29, 1.82) is 0 Å².